The first-order valence-corrected chi connectivity index (χ1v) is 23.0. The van der Waals surface area contributed by atoms with E-state index in [1.54, 1.807) is 6.92 Å². The predicted molar refractivity (Wildman–Crippen MR) is 254 cm³/mol. The molecule has 0 aliphatic carbocycles. The minimum absolute atomic E-state index is 0.00380. The average Bonchev–Trinajstić information content (AvgIpc) is 3.77. The highest BCUT2D eigenvalue weighted by molar-refractivity contribution is 5.97. The minimum Gasteiger partial charge on any atom is -0.508 e. The van der Waals surface area contributed by atoms with Crippen molar-refractivity contribution in [2.24, 2.45) is 44.6 Å². The molecule has 7 atom stereocenters. The summed E-state index contributed by atoms with van der Waals surface area (Å²) in [6.45, 7) is 6.97. The molecule has 1 aromatic rings. The Balaban J connectivity index is 2.39. The highest BCUT2D eigenvalue weighted by atomic mass is 16.4. The smallest absolute Gasteiger partial charge is 0.326 e. The van der Waals surface area contributed by atoms with E-state index in [0.717, 1.165) is 4.90 Å². The number of hydrogen-bond donors (Lipinski definition) is 12. The average molecular weight is 959 g/mol. The number of aliphatic imine (C=N–C) groups is 2. The number of carboxylic acids is 1. The molecule has 0 aromatic heterocycles. The molecule has 1 aliphatic heterocycles. The van der Waals surface area contributed by atoms with Crippen molar-refractivity contribution in [3.63, 3.8) is 0 Å². The number of nitrogens with zero attached hydrogens (tertiary/aromatic N) is 4. The van der Waals surface area contributed by atoms with E-state index in [2.05, 4.69) is 36.6 Å². The van der Waals surface area contributed by atoms with Crippen LogP contribution in [0.2, 0.25) is 0 Å². The Kier molecular flexibility index (Phi) is 24.6. The van der Waals surface area contributed by atoms with Crippen LogP contribution < -0.4 is 55.3 Å². The summed E-state index contributed by atoms with van der Waals surface area (Å²) in [5, 5.41) is 33.1. The maximum atomic E-state index is 14.2. The molecule has 0 saturated carbocycles. The highest BCUT2D eigenvalue weighted by Gasteiger charge is 2.39. The maximum absolute atomic E-state index is 14.2. The summed E-state index contributed by atoms with van der Waals surface area (Å²) in [6, 6.07) is -2.60. The zero-order chi connectivity index (χ0) is 51.1. The van der Waals surface area contributed by atoms with Crippen LogP contribution in [0.1, 0.15) is 97.5 Å². The van der Waals surface area contributed by atoms with E-state index in [0.29, 0.717) is 31.2 Å². The number of benzene rings is 1. The third kappa shape index (κ3) is 19.6. The summed E-state index contributed by atoms with van der Waals surface area (Å²) < 4.78 is 0. The van der Waals surface area contributed by atoms with E-state index in [1.807, 2.05) is 13.8 Å². The number of amides is 7. The van der Waals surface area contributed by atoms with Gasteiger partial charge in [-0.25, -0.2) is 4.79 Å². The van der Waals surface area contributed by atoms with Gasteiger partial charge in [-0.05, 0) is 81.4 Å². The van der Waals surface area contributed by atoms with Crippen molar-refractivity contribution in [3.8, 4) is 5.75 Å². The van der Waals surface area contributed by atoms with Crippen LogP contribution in [0.4, 0.5) is 0 Å². The van der Waals surface area contributed by atoms with Crippen LogP contribution >= 0.6 is 0 Å². The van der Waals surface area contributed by atoms with Crippen molar-refractivity contribution in [2.45, 2.75) is 141 Å². The molecule has 1 fully saturated rings. The molecule has 1 heterocycles. The fraction of sp³-hybridized carbons (Fsp3) is 0.636. The maximum Gasteiger partial charge on any atom is 0.326 e. The van der Waals surface area contributed by atoms with Gasteiger partial charge in [0.25, 0.3) is 0 Å². The summed E-state index contributed by atoms with van der Waals surface area (Å²) in [5.74, 6) is -6.17. The van der Waals surface area contributed by atoms with Gasteiger partial charge < -0.3 is 75.3 Å². The molecule has 24 heteroatoms. The van der Waals surface area contributed by atoms with Gasteiger partial charge in [0.2, 0.25) is 41.4 Å². The third-order valence-corrected chi connectivity index (χ3v) is 11.2. The van der Waals surface area contributed by atoms with Crippen LogP contribution in [0.5, 0.6) is 5.75 Å². The number of aliphatic carboxylic acids is 1. The monoisotopic (exact) mass is 959 g/mol. The summed E-state index contributed by atoms with van der Waals surface area (Å²) in [7, 11) is 1.31. The summed E-state index contributed by atoms with van der Waals surface area (Å²) in [5.41, 5.74) is 28.3. The Morgan fingerprint density at radius 3 is 1.79 bits per heavy atom. The largest absolute Gasteiger partial charge is 0.508 e. The minimum atomic E-state index is -1.37. The first kappa shape index (κ1) is 57.4. The van der Waals surface area contributed by atoms with Crippen LogP contribution in [0.15, 0.2) is 34.3 Å². The van der Waals surface area contributed by atoms with Crippen molar-refractivity contribution >= 4 is 59.2 Å². The molecule has 1 aromatic carbocycles. The van der Waals surface area contributed by atoms with Crippen molar-refractivity contribution in [1.29, 1.82) is 0 Å². The molecule has 2 rings (SSSR count). The van der Waals surface area contributed by atoms with Gasteiger partial charge >= 0.3 is 5.97 Å². The number of carbonyl (C=O) groups is 8. The number of phenols is 1. The number of carboxylic acid groups (broad SMARTS) is 1. The fourth-order valence-corrected chi connectivity index (χ4v) is 7.60. The third-order valence-electron chi connectivity index (χ3n) is 11.2. The molecule has 0 spiro atoms. The number of carbonyl (C=O) groups excluding carboxylic acids is 7. The van der Waals surface area contributed by atoms with Crippen LogP contribution in [0.3, 0.4) is 0 Å². The number of nitrogens with two attached hydrogens (primary N) is 5. The second-order valence-corrected chi connectivity index (χ2v) is 17.3. The predicted octanol–water partition coefficient (Wildman–Crippen LogP) is -2.42. The van der Waals surface area contributed by atoms with Gasteiger partial charge in [-0.1, -0.05) is 39.3 Å². The molecule has 68 heavy (non-hydrogen) atoms. The van der Waals surface area contributed by atoms with Crippen molar-refractivity contribution in [2.75, 3.05) is 33.2 Å². The SMILES string of the molecule is CCC[C@H](NC(=O)[C@H](CCCN=C(N)N)NC(=O)[C@@H]1CCCN1C(=O)[C@H](CCCN=C(N)N)NC(C)=O)C(=O)N[C@@H](Cc1ccc(O)cc1)C(=O)N[C@@H](CN)C(=O)N(C)[C@@H](CCC(C)C)C(=O)O. The number of likely N-dealkylation sites (N-methyl/N-ethyl adjacent to an activating group) is 1. The van der Waals surface area contributed by atoms with Crippen LogP contribution in [-0.2, 0) is 44.8 Å². The van der Waals surface area contributed by atoms with E-state index < -0.39 is 96.2 Å². The zero-order valence-corrected chi connectivity index (χ0v) is 39.9. The first-order valence-electron chi connectivity index (χ1n) is 23.0. The Labute approximate surface area is 397 Å². The number of rotatable bonds is 29. The van der Waals surface area contributed by atoms with Crippen molar-refractivity contribution in [1.82, 2.24) is 36.4 Å². The highest BCUT2D eigenvalue weighted by Crippen LogP contribution is 2.21. The molecule has 7 amide bonds. The van der Waals surface area contributed by atoms with E-state index in [1.165, 1.54) is 43.1 Å². The first-order chi connectivity index (χ1) is 32.1. The standard InChI is InChI=1S/C44H74N14O10/c1-6-10-29(36(61)55-32(23-27-15-17-28(60)18-16-27)38(63)56-33(24-45)40(65)57(5)35(42(67)68)19-14-25(2)3)53-37(62)30(11-7-20-50-43(46)47)54-39(64)34-13-9-22-58(34)41(66)31(52-26(4)59)12-8-21-51-44(48)49/h15-18,25,29-35,60H,6-14,19-24,45H2,1-5H3,(H,52,59)(H,53,62)(H,54,64)(H,55,61)(H,56,63)(H,67,68)(H4,46,47,50)(H4,48,49,51)/t29-,30-,31-,32-,33-,34-,35-/m0/s1. The molecule has 17 N–H and O–H groups in total. The van der Waals surface area contributed by atoms with Gasteiger partial charge in [0.05, 0.1) is 0 Å². The lowest BCUT2D eigenvalue weighted by Gasteiger charge is -2.31. The molecule has 0 bridgehead atoms. The van der Waals surface area contributed by atoms with Gasteiger partial charge in [-0.2, -0.15) is 0 Å². The van der Waals surface area contributed by atoms with E-state index >= 15 is 0 Å². The topological polar surface area (TPSA) is 398 Å². The molecule has 1 saturated heterocycles. The number of phenolic OH excluding ortho intramolecular Hbond substituents is 1. The van der Waals surface area contributed by atoms with Crippen LogP contribution in [-0.4, -0.2) is 155 Å². The van der Waals surface area contributed by atoms with Gasteiger partial charge in [-0.3, -0.25) is 43.5 Å². The molecule has 380 valence electrons. The quantitative estimate of drug-likeness (QED) is 0.0226. The fourth-order valence-electron chi connectivity index (χ4n) is 7.60. The summed E-state index contributed by atoms with van der Waals surface area (Å²) in [4.78, 5) is 118. The zero-order valence-electron chi connectivity index (χ0n) is 39.9. The van der Waals surface area contributed by atoms with E-state index in [4.69, 9.17) is 28.7 Å². The summed E-state index contributed by atoms with van der Waals surface area (Å²) >= 11 is 0. The number of aromatic hydroxyl groups is 1. The Morgan fingerprint density at radius 1 is 0.750 bits per heavy atom. The molecule has 1 aliphatic rings. The Hall–Kier alpha value is -6.72. The Morgan fingerprint density at radius 2 is 1.28 bits per heavy atom. The lowest BCUT2D eigenvalue weighted by molar-refractivity contribution is -0.150. The number of hydrogen-bond acceptors (Lipinski definition) is 12. The lowest BCUT2D eigenvalue weighted by atomic mass is 10.0. The molecule has 24 nitrogen and oxygen atoms in total. The molecule has 0 radical (unpaired) electrons. The number of nitrogens with one attached hydrogen (secondary N) is 5. The molecular formula is C44H74N14O10. The van der Waals surface area contributed by atoms with E-state index in [9.17, 15) is 48.6 Å². The van der Waals surface area contributed by atoms with E-state index in [-0.39, 0.29) is 88.2 Å². The number of guanidine groups is 2. The summed E-state index contributed by atoms with van der Waals surface area (Å²) in [6.07, 6.45) is 2.47. The van der Waals surface area contributed by atoms with Gasteiger partial charge in [-0.15, -0.1) is 0 Å². The molecule has 0 unspecified atom stereocenters. The lowest BCUT2D eigenvalue weighted by Crippen LogP contribution is -2.61. The Bertz CT molecular complexity index is 1920. The van der Waals surface area contributed by atoms with Crippen molar-refractivity contribution in [3.05, 3.63) is 29.8 Å². The van der Waals surface area contributed by atoms with Crippen LogP contribution in [0.25, 0.3) is 0 Å². The van der Waals surface area contributed by atoms with Crippen molar-refractivity contribution < 1.29 is 48.6 Å². The van der Waals surface area contributed by atoms with Gasteiger partial charge in [0.15, 0.2) is 11.9 Å². The van der Waals surface area contributed by atoms with Gasteiger partial charge in [0.1, 0.15) is 48.0 Å². The normalized spacial score (nSPS) is 15.9. The molecular weight excluding hydrogens is 885 g/mol. The number of likely N-dealkylation sites (tertiary alicyclic amines) is 1. The van der Waals surface area contributed by atoms with Crippen LogP contribution in [0, 0.1) is 5.92 Å². The second-order valence-electron chi connectivity index (χ2n) is 17.3. The second kappa shape index (κ2) is 29.1. The van der Waals surface area contributed by atoms with Gasteiger partial charge in [0, 0.05) is 46.6 Å².